The van der Waals surface area contributed by atoms with E-state index in [1.807, 2.05) is 12.1 Å². The third-order valence-corrected chi connectivity index (χ3v) is 6.38. The smallest absolute Gasteiger partial charge is 0.294 e. The largest absolute Gasteiger partial charge is 0.472 e. The summed E-state index contributed by atoms with van der Waals surface area (Å²) >= 11 is 2.82. The van der Waals surface area contributed by atoms with Gasteiger partial charge < -0.3 is 15.4 Å². The van der Waals surface area contributed by atoms with Crippen LogP contribution in [0, 0.1) is 0 Å². The summed E-state index contributed by atoms with van der Waals surface area (Å²) in [5, 5.41) is 16.0. The second-order valence-corrected chi connectivity index (χ2v) is 7.63. The summed E-state index contributed by atoms with van der Waals surface area (Å²) in [5.41, 5.74) is 0. The van der Waals surface area contributed by atoms with Crippen LogP contribution in [0.4, 0.5) is 0 Å². The lowest BCUT2D eigenvalue weighted by molar-refractivity contribution is 0.0935. The molecule has 1 amide bonds. The van der Waals surface area contributed by atoms with Crippen LogP contribution in [-0.4, -0.2) is 41.3 Å². The molecule has 4 heterocycles. The molecule has 0 radical (unpaired) electrons. The summed E-state index contributed by atoms with van der Waals surface area (Å²) in [5.74, 6) is 0.00656. The molecule has 2 aromatic heterocycles. The maximum Gasteiger partial charge on any atom is 0.294 e. The fourth-order valence-electron chi connectivity index (χ4n) is 3.19. The van der Waals surface area contributed by atoms with E-state index < -0.39 is 0 Å². The summed E-state index contributed by atoms with van der Waals surface area (Å²) in [6.45, 7) is 0. The first-order chi connectivity index (χ1) is 10.7. The van der Waals surface area contributed by atoms with E-state index in [2.05, 4.69) is 20.8 Å². The van der Waals surface area contributed by atoms with Crippen LogP contribution in [0.25, 0.3) is 9.88 Å². The molecule has 2 aromatic rings. The van der Waals surface area contributed by atoms with E-state index >= 15 is 0 Å². The van der Waals surface area contributed by atoms with E-state index in [1.165, 1.54) is 29.1 Å². The highest BCUT2D eigenvalue weighted by molar-refractivity contribution is 7.23. The average molecular weight is 336 g/mol. The topological polar surface area (TPSA) is 76.1 Å². The number of amides is 1. The fourth-order valence-corrected chi connectivity index (χ4v) is 4.81. The maximum absolute atomic E-state index is 12.4. The SMILES string of the molecule is COc1nnc(-c2ccc(C(=O)NC3CC4CCC3N4)s2)s1. The number of nitrogens with one attached hydrogen (secondary N) is 2. The third kappa shape index (κ3) is 2.51. The molecule has 2 aliphatic rings. The van der Waals surface area contributed by atoms with Crippen LogP contribution in [0.5, 0.6) is 5.19 Å². The number of nitrogens with zero attached hydrogens (tertiary/aromatic N) is 2. The number of carbonyl (C=O) groups excluding carboxylic acids is 1. The van der Waals surface area contributed by atoms with Gasteiger partial charge in [-0.25, -0.2) is 0 Å². The molecule has 0 spiro atoms. The van der Waals surface area contributed by atoms with Gasteiger partial charge in [-0.2, -0.15) is 0 Å². The summed E-state index contributed by atoms with van der Waals surface area (Å²) in [7, 11) is 1.57. The highest BCUT2D eigenvalue weighted by Crippen LogP contribution is 2.33. The van der Waals surface area contributed by atoms with Crippen molar-refractivity contribution >= 4 is 28.6 Å². The monoisotopic (exact) mass is 336 g/mol. The number of aromatic nitrogens is 2. The minimum absolute atomic E-state index is 0.00656. The van der Waals surface area contributed by atoms with Crippen molar-refractivity contribution in [1.82, 2.24) is 20.8 Å². The molecule has 0 aliphatic carbocycles. The van der Waals surface area contributed by atoms with Crippen LogP contribution in [0.2, 0.25) is 0 Å². The van der Waals surface area contributed by atoms with E-state index in [0.29, 0.717) is 22.2 Å². The van der Waals surface area contributed by atoms with Gasteiger partial charge in [0.05, 0.1) is 16.9 Å². The Morgan fingerprint density at radius 3 is 2.95 bits per heavy atom. The van der Waals surface area contributed by atoms with Gasteiger partial charge in [-0.1, -0.05) is 16.4 Å². The lowest BCUT2D eigenvalue weighted by Gasteiger charge is -2.20. The molecule has 2 fully saturated rings. The molecule has 22 heavy (non-hydrogen) atoms. The fraction of sp³-hybridized carbons (Fsp3) is 0.500. The Labute approximate surface area is 135 Å². The molecule has 2 N–H and O–H groups in total. The summed E-state index contributed by atoms with van der Waals surface area (Å²) < 4.78 is 5.05. The van der Waals surface area contributed by atoms with E-state index in [-0.39, 0.29) is 11.9 Å². The molecule has 8 heteroatoms. The lowest BCUT2D eigenvalue weighted by atomic mass is 9.95. The zero-order chi connectivity index (χ0) is 15.1. The van der Waals surface area contributed by atoms with Gasteiger partial charge in [-0.15, -0.1) is 16.4 Å². The number of thiophene rings is 1. The highest BCUT2D eigenvalue weighted by Gasteiger charge is 2.39. The van der Waals surface area contributed by atoms with Gasteiger partial charge in [-0.3, -0.25) is 4.79 Å². The van der Waals surface area contributed by atoms with Crippen molar-refractivity contribution in [3.63, 3.8) is 0 Å². The summed E-state index contributed by atoms with van der Waals surface area (Å²) in [6.07, 6.45) is 3.44. The molecule has 3 atom stereocenters. The second-order valence-electron chi connectivity index (χ2n) is 5.60. The number of hydrogen-bond acceptors (Lipinski definition) is 7. The molecule has 116 valence electrons. The van der Waals surface area contributed by atoms with Gasteiger partial charge in [-0.05, 0) is 31.4 Å². The molecule has 4 rings (SSSR count). The van der Waals surface area contributed by atoms with Crippen LogP contribution < -0.4 is 15.4 Å². The van der Waals surface area contributed by atoms with Crippen molar-refractivity contribution in [2.75, 3.05) is 7.11 Å². The van der Waals surface area contributed by atoms with Gasteiger partial charge in [0, 0.05) is 18.1 Å². The van der Waals surface area contributed by atoms with Gasteiger partial charge >= 0.3 is 0 Å². The first kappa shape index (κ1) is 14.1. The molecule has 2 aliphatic heterocycles. The predicted octanol–water partition coefficient (Wildman–Crippen LogP) is 1.90. The van der Waals surface area contributed by atoms with Gasteiger partial charge in [0.2, 0.25) is 0 Å². The van der Waals surface area contributed by atoms with Crippen LogP contribution >= 0.6 is 22.7 Å². The Morgan fingerprint density at radius 2 is 2.27 bits per heavy atom. The van der Waals surface area contributed by atoms with Crippen molar-refractivity contribution < 1.29 is 9.53 Å². The quantitative estimate of drug-likeness (QED) is 0.892. The number of methoxy groups -OCH3 is 1. The minimum atomic E-state index is 0.00656. The van der Waals surface area contributed by atoms with Gasteiger partial charge in [0.15, 0.2) is 5.01 Å². The van der Waals surface area contributed by atoms with E-state index in [4.69, 9.17) is 4.74 Å². The van der Waals surface area contributed by atoms with E-state index in [0.717, 1.165) is 22.7 Å². The summed E-state index contributed by atoms with van der Waals surface area (Å²) in [4.78, 5) is 14.1. The molecule has 2 saturated heterocycles. The third-order valence-electron chi connectivity index (χ3n) is 4.24. The van der Waals surface area contributed by atoms with E-state index in [1.54, 1.807) is 7.11 Å². The van der Waals surface area contributed by atoms with Crippen LogP contribution in [0.3, 0.4) is 0 Å². The van der Waals surface area contributed by atoms with Gasteiger partial charge in [0.25, 0.3) is 11.1 Å². The molecular formula is C14H16N4O2S2. The second kappa shape index (κ2) is 5.60. The zero-order valence-corrected chi connectivity index (χ0v) is 13.7. The number of ether oxygens (including phenoxy) is 1. The number of carbonyl (C=O) groups is 1. The average Bonchev–Trinajstić information content (AvgIpc) is 3.28. The van der Waals surface area contributed by atoms with Crippen LogP contribution in [0.1, 0.15) is 28.9 Å². The van der Waals surface area contributed by atoms with Crippen molar-refractivity contribution in [3.05, 3.63) is 17.0 Å². The standard InChI is InChI=1S/C14H16N4O2S2/c1-20-14-18-17-13(22-14)11-5-4-10(21-11)12(19)16-9-6-7-2-3-8(9)15-7/h4-5,7-9,15H,2-3,6H2,1H3,(H,16,19). The van der Waals surface area contributed by atoms with E-state index in [9.17, 15) is 4.79 Å². The predicted molar refractivity (Wildman–Crippen MR) is 85.6 cm³/mol. The summed E-state index contributed by atoms with van der Waals surface area (Å²) in [6, 6.07) is 5.06. The van der Waals surface area contributed by atoms with Crippen molar-refractivity contribution in [1.29, 1.82) is 0 Å². The Morgan fingerprint density at radius 1 is 1.36 bits per heavy atom. The van der Waals surface area contributed by atoms with Crippen molar-refractivity contribution in [3.8, 4) is 15.1 Å². The number of rotatable bonds is 4. The number of fused-ring (bicyclic) bond motifs is 2. The Hall–Kier alpha value is -1.51. The molecule has 6 nitrogen and oxygen atoms in total. The Bertz CT molecular complexity index is 699. The van der Waals surface area contributed by atoms with Crippen LogP contribution in [0.15, 0.2) is 12.1 Å². The molecule has 0 aromatic carbocycles. The first-order valence-corrected chi connectivity index (χ1v) is 8.91. The number of hydrogen-bond donors (Lipinski definition) is 2. The maximum atomic E-state index is 12.4. The molecular weight excluding hydrogens is 320 g/mol. The molecule has 0 saturated carbocycles. The zero-order valence-electron chi connectivity index (χ0n) is 12.0. The van der Waals surface area contributed by atoms with Crippen molar-refractivity contribution in [2.45, 2.75) is 37.4 Å². The molecule has 2 bridgehead atoms. The highest BCUT2D eigenvalue weighted by atomic mass is 32.1. The minimum Gasteiger partial charge on any atom is -0.472 e. The van der Waals surface area contributed by atoms with Crippen molar-refractivity contribution in [2.24, 2.45) is 0 Å². The first-order valence-electron chi connectivity index (χ1n) is 7.27. The van der Waals surface area contributed by atoms with Crippen LogP contribution in [-0.2, 0) is 0 Å². The Kier molecular flexibility index (Phi) is 3.59. The normalized spacial score (nSPS) is 26.3. The van der Waals surface area contributed by atoms with Gasteiger partial charge in [0.1, 0.15) is 0 Å². The Balaban J connectivity index is 1.45. The molecule has 3 unspecified atom stereocenters. The lowest BCUT2D eigenvalue weighted by Crippen LogP contribution is -2.42.